The third-order valence-corrected chi connectivity index (χ3v) is 4.43. The van der Waals surface area contributed by atoms with E-state index in [-0.39, 0.29) is 6.04 Å². The first-order valence-electron chi connectivity index (χ1n) is 7.67. The SMILES string of the molecule is CCn1cncc1C(CN)N(CCOC)C(C)C1CC1. The number of hydrogen-bond donors (Lipinski definition) is 1. The van der Waals surface area contributed by atoms with Gasteiger partial charge in [0.15, 0.2) is 0 Å². The average molecular weight is 280 g/mol. The molecule has 0 bridgehead atoms. The van der Waals surface area contributed by atoms with E-state index < -0.39 is 0 Å². The molecule has 1 aliphatic rings. The lowest BCUT2D eigenvalue weighted by atomic mass is 10.1. The van der Waals surface area contributed by atoms with Crippen molar-refractivity contribution in [3.05, 3.63) is 18.2 Å². The summed E-state index contributed by atoms with van der Waals surface area (Å²) in [4.78, 5) is 6.80. The van der Waals surface area contributed by atoms with Crippen molar-refractivity contribution >= 4 is 0 Å². The summed E-state index contributed by atoms with van der Waals surface area (Å²) < 4.78 is 7.48. The van der Waals surface area contributed by atoms with Crippen LogP contribution in [0, 0.1) is 5.92 Å². The maximum atomic E-state index is 6.09. The van der Waals surface area contributed by atoms with Crippen molar-refractivity contribution in [3.63, 3.8) is 0 Å². The van der Waals surface area contributed by atoms with Gasteiger partial charge in [-0.3, -0.25) is 4.90 Å². The van der Waals surface area contributed by atoms with Gasteiger partial charge in [-0.05, 0) is 32.6 Å². The predicted octanol–water partition coefficient (Wildman–Crippen LogP) is 1.65. The molecule has 1 aliphatic carbocycles. The number of ether oxygens (including phenoxy) is 1. The van der Waals surface area contributed by atoms with Crippen molar-refractivity contribution in [1.29, 1.82) is 0 Å². The van der Waals surface area contributed by atoms with Crippen LogP contribution in [-0.2, 0) is 11.3 Å². The van der Waals surface area contributed by atoms with E-state index in [0.29, 0.717) is 12.6 Å². The van der Waals surface area contributed by atoms with Gasteiger partial charge in [-0.2, -0.15) is 0 Å². The van der Waals surface area contributed by atoms with Crippen LogP contribution in [-0.4, -0.2) is 47.3 Å². The lowest BCUT2D eigenvalue weighted by Crippen LogP contribution is -2.43. The Balaban J connectivity index is 2.18. The molecule has 0 saturated heterocycles. The van der Waals surface area contributed by atoms with E-state index in [0.717, 1.165) is 25.6 Å². The lowest BCUT2D eigenvalue weighted by Gasteiger charge is -2.36. The van der Waals surface area contributed by atoms with Crippen molar-refractivity contribution in [2.45, 2.75) is 45.3 Å². The Morgan fingerprint density at radius 3 is 2.85 bits per heavy atom. The van der Waals surface area contributed by atoms with Crippen molar-refractivity contribution < 1.29 is 4.74 Å². The third kappa shape index (κ3) is 3.40. The topological polar surface area (TPSA) is 56.3 Å². The molecule has 0 radical (unpaired) electrons. The quantitative estimate of drug-likeness (QED) is 0.747. The Kier molecular flexibility index (Phi) is 5.57. The smallest absolute Gasteiger partial charge is 0.0948 e. The van der Waals surface area contributed by atoms with Crippen LogP contribution >= 0.6 is 0 Å². The molecular weight excluding hydrogens is 252 g/mol. The molecule has 2 unspecified atom stereocenters. The number of hydrogen-bond acceptors (Lipinski definition) is 4. The highest BCUT2D eigenvalue weighted by Crippen LogP contribution is 2.37. The summed E-state index contributed by atoms with van der Waals surface area (Å²) in [6.07, 6.45) is 6.54. The monoisotopic (exact) mass is 280 g/mol. The standard InChI is InChI=1S/C15H28N4O/c1-4-18-11-17-10-15(18)14(9-16)19(7-8-20-3)12(2)13-5-6-13/h10-14H,4-9,16H2,1-3H3. The minimum Gasteiger partial charge on any atom is -0.383 e. The molecule has 1 aromatic rings. The number of methoxy groups -OCH3 is 1. The number of nitrogens with two attached hydrogens (primary N) is 1. The van der Waals surface area contributed by atoms with E-state index in [4.69, 9.17) is 10.5 Å². The predicted molar refractivity (Wildman–Crippen MR) is 80.5 cm³/mol. The van der Waals surface area contributed by atoms with Gasteiger partial charge in [-0.25, -0.2) is 4.98 Å². The van der Waals surface area contributed by atoms with Gasteiger partial charge in [0, 0.05) is 39.0 Å². The van der Waals surface area contributed by atoms with Crippen molar-refractivity contribution in [2.75, 3.05) is 26.8 Å². The fraction of sp³-hybridized carbons (Fsp3) is 0.800. The van der Waals surface area contributed by atoms with E-state index in [1.807, 2.05) is 12.5 Å². The van der Waals surface area contributed by atoms with Gasteiger partial charge in [0.2, 0.25) is 0 Å². The highest BCUT2D eigenvalue weighted by Gasteiger charge is 2.35. The summed E-state index contributed by atoms with van der Waals surface area (Å²) in [5.41, 5.74) is 7.32. The zero-order valence-corrected chi connectivity index (χ0v) is 13.0. The molecule has 114 valence electrons. The van der Waals surface area contributed by atoms with Crippen LogP contribution < -0.4 is 5.73 Å². The molecule has 5 nitrogen and oxygen atoms in total. The summed E-state index contributed by atoms with van der Waals surface area (Å²) in [5.74, 6) is 0.818. The van der Waals surface area contributed by atoms with Gasteiger partial charge in [0.25, 0.3) is 0 Å². The second-order valence-electron chi connectivity index (χ2n) is 5.66. The Bertz CT molecular complexity index is 402. The van der Waals surface area contributed by atoms with E-state index in [9.17, 15) is 0 Å². The molecule has 2 rings (SSSR count). The van der Waals surface area contributed by atoms with Crippen LogP contribution in [0.3, 0.4) is 0 Å². The molecule has 0 aromatic carbocycles. The number of aryl methyl sites for hydroxylation is 1. The molecule has 5 heteroatoms. The van der Waals surface area contributed by atoms with Crippen molar-refractivity contribution in [3.8, 4) is 0 Å². The Hall–Kier alpha value is -0.910. The van der Waals surface area contributed by atoms with Crippen LogP contribution in [0.5, 0.6) is 0 Å². The zero-order valence-electron chi connectivity index (χ0n) is 13.0. The number of rotatable bonds is 9. The molecule has 1 aromatic heterocycles. The number of imidazole rings is 1. The highest BCUT2D eigenvalue weighted by atomic mass is 16.5. The van der Waals surface area contributed by atoms with Crippen LogP contribution in [0.1, 0.15) is 38.4 Å². The van der Waals surface area contributed by atoms with Crippen molar-refractivity contribution in [1.82, 2.24) is 14.5 Å². The van der Waals surface area contributed by atoms with Crippen LogP contribution in [0.25, 0.3) is 0 Å². The van der Waals surface area contributed by atoms with Crippen molar-refractivity contribution in [2.24, 2.45) is 11.7 Å². The van der Waals surface area contributed by atoms with Gasteiger partial charge in [0.1, 0.15) is 0 Å². The molecule has 1 fully saturated rings. The van der Waals surface area contributed by atoms with Crippen LogP contribution in [0.15, 0.2) is 12.5 Å². The number of nitrogens with zero attached hydrogens (tertiary/aromatic N) is 3. The van der Waals surface area contributed by atoms with Crippen LogP contribution in [0.4, 0.5) is 0 Å². The van der Waals surface area contributed by atoms with Gasteiger partial charge in [0.05, 0.1) is 24.7 Å². The first-order chi connectivity index (χ1) is 9.72. The molecule has 2 N–H and O–H groups in total. The van der Waals surface area contributed by atoms with Crippen LogP contribution in [0.2, 0.25) is 0 Å². The van der Waals surface area contributed by atoms with E-state index in [2.05, 4.69) is 28.3 Å². The van der Waals surface area contributed by atoms with E-state index >= 15 is 0 Å². The first-order valence-corrected chi connectivity index (χ1v) is 7.67. The largest absolute Gasteiger partial charge is 0.383 e. The molecule has 1 saturated carbocycles. The fourth-order valence-electron chi connectivity index (χ4n) is 2.99. The minimum absolute atomic E-state index is 0.225. The van der Waals surface area contributed by atoms with Gasteiger partial charge in [-0.1, -0.05) is 0 Å². The normalized spacial score (nSPS) is 18.4. The molecule has 0 spiro atoms. The molecule has 2 atom stereocenters. The molecule has 0 amide bonds. The number of aromatic nitrogens is 2. The van der Waals surface area contributed by atoms with E-state index in [1.54, 1.807) is 7.11 Å². The lowest BCUT2D eigenvalue weighted by molar-refractivity contribution is 0.0805. The average Bonchev–Trinajstić information content (AvgIpc) is 3.21. The summed E-state index contributed by atoms with van der Waals surface area (Å²) >= 11 is 0. The molecular formula is C15H28N4O. The zero-order chi connectivity index (χ0) is 14.5. The summed E-state index contributed by atoms with van der Waals surface area (Å²) in [6, 6.07) is 0.780. The summed E-state index contributed by atoms with van der Waals surface area (Å²) in [6.45, 7) is 7.68. The second kappa shape index (κ2) is 7.20. The summed E-state index contributed by atoms with van der Waals surface area (Å²) in [5, 5.41) is 0. The fourth-order valence-corrected chi connectivity index (χ4v) is 2.99. The Morgan fingerprint density at radius 2 is 2.30 bits per heavy atom. The van der Waals surface area contributed by atoms with Gasteiger partial charge >= 0.3 is 0 Å². The minimum atomic E-state index is 0.225. The summed E-state index contributed by atoms with van der Waals surface area (Å²) in [7, 11) is 1.76. The van der Waals surface area contributed by atoms with Gasteiger partial charge < -0.3 is 15.0 Å². The molecule has 20 heavy (non-hydrogen) atoms. The highest BCUT2D eigenvalue weighted by molar-refractivity contribution is 5.08. The Labute approximate surface area is 122 Å². The first kappa shape index (κ1) is 15.5. The Morgan fingerprint density at radius 1 is 1.55 bits per heavy atom. The third-order valence-electron chi connectivity index (χ3n) is 4.43. The van der Waals surface area contributed by atoms with E-state index in [1.165, 1.54) is 18.5 Å². The molecule has 1 heterocycles. The maximum absolute atomic E-state index is 6.09. The molecule has 0 aliphatic heterocycles. The second-order valence-corrected chi connectivity index (χ2v) is 5.66. The van der Waals surface area contributed by atoms with Gasteiger partial charge in [-0.15, -0.1) is 0 Å². The maximum Gasteiger partial charge on any atom is 0.0948 e.